The molecule has 3 atom stereocenters. The molecule has 8 heteroatoms. The maximum atomic E-state index is 12.4. The summed E-state index contributed by atoms with van der Waals surface area (Å²) < 4.78 is 17.8. The number of H-pyrrole nitrogens is 1. The number of carbonyl (C=O) groups is 1. The van der Waals surface area contributed by atoms with E-state index >= 15 is 0 Å². The summed E-state index contributed by atoms with van der Waals surface area (Å²) in [6, 6.07) is 9.73. The van der Waals surface area contributed by atoms with Crippen LogP contribution in [0.25, 0.3) is 0 Å². The quantitative estimate of drug-likeness (QED) is 0.669. The molecule has 0 aliphatic rings. The second-order valence-corrected chi connectivity index (χ2v) is 6.01. The predicted molar refractivity (Wildman–Crippen MR) is 98.7 cm³/mol. The van der Waals surface area contributed by atoms with E-state index in [2.05, 4.69) is 4.98 Å². The number of esters is 1. The summed E-state index contributed by atoms with van der Waals surface area (Å²) in [7, 11) is 1.55. The fourth-order valence-corrected chi connectivity index (χ4v) is 2.54. The zero-order chi connectivity index (χ0) is 19.8. The number of carbonyl (C=O) groups excluding carboxylic acids is 1. The molecule has 0 saturated carbocycles. The number of rotatable bonds is 9. The number of benzene rings is 1. The molecular formula is C19H24N2O6. The normalized spacial score (nSPS) is 14.3. The van der Waals surface area contributed by atoms with Gasteiger partial charge in [0, 0.05) is 19.4 Å². The average molecular weight is 376 g/mol. The third kappa shape index (κ3) is 5.63. The third-order valence-corrected chi connectivity index (χ3v) is 3.97. The Hall–Kier alpha value is -2.71. The number of hydrogen-bond acceptors (Lipinski definition) is 6. The second kappa shape index (κ2) is 9.84. The number of aromatic amines is 1. The number of methoxy groups -OCH3 is 1. The summed E-state index contributed by atoms with van der Waals surface area (Å²) in [6.45, 7) is 3.85. The van der Waals surface area contributed by atoms with Gasteiger partial charge < -0.3 is 14.2 Å². The Kier molecular flexibility index (Phi) is 7.51. The highest BCUT2D eigenvalue weighted by Crippen LogP contribution is 2.20. The standard InChI is InChI=1S/C19H24N2O6/c1-4-15(12-25-3)27-17(21-11-10-16(22)20-19(21)24)13(2)26-18(23)14-8-6-5-7-9-14/h5-11,13,15,17H,4,12H2,1-3H3,(H,20,22,24)/t13-,15?,17?/m0/s1. The fraction of sp³-hybridized carbons (Fsp3) is 0.421. The van der Waals surface area contributed by atoms with Crippen LogP contribution in [0, 0.1) is 0 Å². The Morgan fingerprint density at radius 3 is 2.48 bits per heavy atom. The van der Waals surface area contributed by atoms with E-state index in [0.29, 0.717) is 18.6 Å². The molecule has 0 spiro atoms. The maximum absolute atomic E-state index is 12.4. The van der Waals surface area contributed by atoms with E-state index in [1.807, 2.05) is 6.92 Å². The van der Waals surface area contributed by atoms with Crippen LogP contribution in [0.5, 0.6) is 0 Å². The first-order valence-electron chi connectivity index (χ1n) is 8.68. The van der Waals surface area contributed by atoms with Gasteiger partial charge in [0.1, 0.15) is 6.10 Å². The van der Waals surface area contributed by atoms with Crippen molar-refractivity contribution in [3.05, 3.63) is 69.0 Å². The molecule has 0 fully saturated rings. The van der Waals surface area contributed by atoms with E-state index in [1.54, 1.807) is 44.4 Å². The van der Waals surface area contributed by atoms with Crippen molar-refractivity contribution < 1.29 is 19.0 Å². The SMILES string of the molecule is CCC(COC)OC([C@H](C)OC(=O)c1ccccc1)n1ccc(=O)[nH]c1=O. The minimum absolute atomic E-state index is 0.310. The Bertz CT molecular complexity index is 845. The van der Waals surface area contributed by atoms with Crippen LogP contribution in [0.3, 0.4) is 0 Å². The van der Waals surface area contributed by atoms with Crippen molar-refractivity contribution in [2.75, 3.05) is 13.7 Å². The number of nitrogens with zero attached hydrogens (tertiary/aromatic N) is 1. The third-order valence-electron chi connectivity index (χ3n) is 3.97. The van der Waals surface area contributed by atoms with E-state index in [0.717, 1.165) is 0 Å². The Morgan fingerprint density at radius 2 is 1.89 bits per heavy atom. The fourth-order valence-electron chi connectivity index (χ4n) is 2.54. The van der Waals surface area contributed by atoms with Gasteiger partial charge in [-0.15, -0.1) is 0 Å². The van der Waals surface area contributed by atoms with E-state index in [-0.39, 0.29) is 6.10 Å². The van der Waals surface area contributed by atoms with Gasteiger partial charge in [-0.05, 0) is 25.5 Å². The molecule has 146 valence electrons. The van der Waals surface area contributed by atoms with Crippen LogP contribution in [-0.2, 0) is 14.2 Å². The van der Waals surface area contributed by atoms with E-state index in [9.17, 15) is 14.4 Å². The predicted octanol–water partition coefficient (Wildman–Crippen LogP) is 1.72. The van der Waals surface area contributed by atoms with Gasteiger partial charge in [0.05, 0.1) is 18.3 Å². The zero-order valence-electron chi connectivity index (χ0n) is 15.6. The molecule has 0 saturated heterocycles. The van der Waals surface area contributed by atoms with E-state index in [1.165, 1.54) is 16.8 Å². The van der Waals surface area contributed by atoms with Crippen molar-refractivity contribution in [1.29, 1.82) is 0 Å². The largest absolute Gasteiger partial charge is 0.454 e. The van der Waals surface area contributed by atoms with Gasteiger partial charge >= 0.3 is 11.7 Å². The Morgan fingerprint density at radius 1 is 1.19 bits per heavy atom. The van der Waals surface area contributed by atoms with Crippen LogP contribution in [0.2, 0.25) is 0 Å². The first kappa shape index (κ1) is 20.6. The Labute approximate surface area is 156 Å². The van der Waals surface area contributed by atoms with Gasteiger partial charge in [-0.25, -0.2) is 9.59 Å². The first-order valence-corrected chi connectivity index (χ1v) is 8.68. The lowest BCUT2D eigenvalue weighted by molar-refractivity contribution is -0.133. The topological polar surface area (TPSA) is 99.6 Å². The van der Waals surface area contributed by atoms with Crippen molar-refractivity contribution in [1.82, 2.24) is 9.55 Å². The molecule has 0 radical (unpaired) electrons. The molecule has 2 aromatic rings. The van der Waals surface area contributed by atoms with Crippen molar-refractivity contribution in [3.8, 4) is 0 Å². The zero-order valence-corrected chi connectivity index (χ0v) is 15.6. The van der Waals surface area contributed by atoms with E-state index in [4.69, 9.17) is 14.2 Å². The van der Waals surface area contributed by atoms with Crippen molar-refractivity contribution in [2.24, 2.45) is 0 Å². The highest BCUT2D eigenvalue weighted by molar-refractivity contribution is 5.89. The number of ether oxygens (including phenoxy) is 3. The second-order valence-electron chi connectivity index (χ2n) is 6.01. The highest BCUT2D eigenvalue weighted by Gasteiger charge is 2.28. The van der Waals surface area contributed by atoms with Crippen LogP contribution >= 0.6 is 0 Å². The highest BCUT2D eigenvalue weighted by atomic mass is 16.6. The lowest BCUT2D eigenvalue weighted by Crippen LogP contribution is -2.40. The monoisotopic (exact) mass is 376 g/mol. The van der Waals surface area contributed by atoms with Crippen molar-refractivity contribution in [2.45, 2.75) is 38.7 Å². The summed E-state index contributed by atoms with van der Waals surface area (Å²) in [5.74, 6) is -0.533. The summed E-state index contributed by atoms with van der Waals surface area (Å²) >= 11 is 0. The summed E-state index contributed by atoms with van der Waals surface area (Å²) in [5.41, 5.74) is -0.781. The molecule has 0 aliphatic heterocycles. The smallest absolute Gasteiger partial charge is 0.338 e. The number of nitrogens with one attached hydrogen (secondary N) is 1. The van der Waals surface area contributed by atoms with E-state index < -0.39 is 29.6 Å². The molecule has 0 bridgehead atoms. The molecule has 0 amide bonds. The molecule has 2 rings (SSSR count). The van der Waals surface area contributed by atoms with Gasteiger partial charge in [0.15, 0.2) is 6.23 Å². The summed E-state index contributed by atoms with van der Waals surface area (Å²) in [4.78, 5) is 38.1. The summed E-state index contributed by atoms with van der Waals surface area (Å²) in [5, 5.41) is 0. The molecule has 1 aromatic heterocycles. The van der Waals surface area contributed by atoms with Crippen molar-refractivity contribution >= 4 is 5.97 Å². The molecule has 27 heavy (non-hydrogen) atoms. The van der Waals surface area contributed by atoms with Gasteiger partial charge in [0.25, 0.3) is 5.56 Å². The molecule has 8 nitrogen and oxygen atoms in total. The molecule has 1 N–H and O–H groups in total. The maximum Gasteiger partial charge on any atom is 0.338 e. The van der Waals surface area contributed by atoms with Crippen LogP contribution in [0.15, 0.2) is 52.2 Å². The average Bonchev–Trinajstić information content (AvgIpc) is 2.66. The van der Waals surface area contributed by atoms with Crippen LogP contribution in [0.4, 0.5) is 0 Å². The molecule has 1 heterocycles. The van der Waals surface area contributed by atoms with Crippen LogP contribution in [0.1, 0.15) is 36.9 Å². The summed E-state index contributed by atoms with van der Waals surface area (Å²) in [6.07, 6.45) is -0.106. The van der Waals surface area contributed by atoms with Crippen LogP contribution in [-0.4, -0.2) is 41.4 Å². The number of aromatic nitrogens is 2. The minimum atomic E-state index is -0.929. The Balaban J connectivity index is 2.28. The lowest BCUT2D eigenvalue weighted by atomic mass is 10.2. The first-order chi connectivity index (χ1) is 13.0. The minimum Gasteiger partial charge on any atom is -0.454 e. The van der Waals surface area contributed by atoms with Crippen molar-refractivity contribution in [3.63, 3.8) is 0 Å². The van der Waals surface area contributed by atoms with Gasteiger partial charge in [-0.2, -0.15) is 0 Å². The van der Waals surface area contributed by atoms with Crippen LogP contribution < -0.4 is 11.2 Å². The molecule has 2 unspecified atom stereocenters. The number of hydrogen-bond donors (Lipinski definition) is 1. The van der Waals surface area contributed by atoms with Gasteiger partial charge in [-0.1, -0.05) is 25.1 Å². The molecule has 1 aromatic carbocycles. The van der Waals surface area contributed by atoms with Gasteiger partial charge in [-0.3, -0.25) is 14.3 Å². The van der Waals surface area contributed by atoms with Gasteiger partial charge in [0.2, 0.25) is 0 Å². The molecular weight excluding hydrogens is 352 g/mol. The molecule has 0 aliphatic carbocycles. The lowest BCUT2D eigenvalue weighted by Gasteiger charge is -2.29.